The topological polar surface area (TPSA) is 101 Å². The Kier molecular flexibility index (Phi) is 4.81. The molecule has 0 bridgehead atoms. The van der Waals surface area contributed by atoms with Gasteiger partial charge in [0.2, 0.25) is 5.91 Å². The number of sulfone groups is 1. The Hall–Kier alpha value is -1.54. The molecule has 0 saturated heterocycles. The van der Waals surface area contributed by atoms with E-state index in [-0.39, 0.29) is 16.1 Å². The summed E-state index contributed by atoms with van der Waals surface area (Å²) in [6.45, 7) is 3.28. The first-order valence-electron chi connectivity index (χ1n) is 6.83. The lowest BCUT2D eigenvalue weighted by Crippen LogP contribution is -2.28. The second kappa shape index (κ2) is 6.29. The number of rotatable bonds is 5. The number of nitrogens with one attached hydrogen (secondary N) is 1. The molecule has 2 atom stereocenters. The molecule has 1 amide bonds. The molecule has 6 nitrogen and oxygen atoms in total. The molecule has 0 spiro atoms. The van der Waals surface area contributed by atoms with Crippen molar-refractivity contribution < 1.29 is 23.1 Å². The van der Waals surface area contributed by atoms with Crippen molar-refractivity contribution in [3.05, 3.63) is 18.2 Å². The maximum atomic E-state index is 12.4. The average Bonchev–Trinajstić information content (AvgIpc) is 2.45. The smallest absolute Gasteiger partial charge is 0.304 e. The Morgan fingerprint density at radius 3 is 2.73 bits per heavy atom. The van der Waals surface area contributed by atoms with Crippen LogP contribution in [0.1, 0.15) is 26.7 Å². The number of carbonyl (C=O) groups is 2. The summed E-state index contributed by atoms with van der Waals surface area (Å²) >= 11 is 1.40. The van der Waals surface area contributed by atoms with E-state index in [1.165, 1.54) is 30.8 Å². The lowest BCUT2D eigenvalue weighted by molar-refractivity contribution is -0.137. The molecule has 120 valence electrons. The van der Waals surface area contributed by atoms with E-state index in [4.69, 9.17) is 5.11 Å². The molecule has 1 aliphatic rings. The summed E-state index contributed by atoms with van der Waals surface area (Å²) in [7, 11) is -3.75. The molecule has 0 fully saturated rings. The molecule has 2 N–H and O–H groups in total. The van der Waals surface area contributed by atoms with Gasteiger partial charge in [0, 0.05) is 4.90 Å². The molecule has 0 aliphatic carbocycles. The van der Waals surface area contributed by atoms with Gasteiger partial charge in [0.1, 0.15) is 0 Å². The van der Waals surface area contributed by atoms with Crippen molar-refractivity contribution in [3.63, 3.8) is 0 Å². The van der Waals surface area contributed by atoms with Crippen LogP contribution in [0.3, 0.4) is 0 Å². The zero-order valence-corrected chi connectivity index (χ0v) is 13.8. The molecule has 0 aromatic heterocycles. The number of benzene rings is 1. The molecule has 1 aromatic carbocycles. The van der Waals surface area contributed by atoms with E-state index in [1.807, 2.05) is 6.92 Å². The number of carboxylic acid groups (broad SMARTS) is 1. The molecule has 0 unspecified atom stereocenters. The Labute approximate surface area is 133 Å². The van der Waals surface area contributed by atoms with Gasteiger partial charge in [-0.3, -0.25) is 9.59 Å². The van der Waals surface area contributed by atoms with Crippen LogP contribution in [0.25, 0.3) is 0 Å². The largest absolute Gasteiger partial charge is 0.481 e. The second-order valence-corrected chi connectivity index (χ2v) is 8.73. The Bertz CT molecular complexity index is 714. The highest BCUT2D eigenvalue weighted by Gasteiger charge is 2.29. The highest BCUT2D eigenvalue weighted by atomic mass is 32.2. The average molecular weight is 343 g/mol. The number of amides is 1. The summed E-state index contributed by atoms with van der Waals surface area (Å²) in [5.41, 5.74) is 0.461. The number of hydrogen-bond donors (Lipinski definition) is 2. The van der Waals surface area contributed by atoms with Gasteiger partial charge in [-0.15, -0.1) is 11.8 Å². The highest BCUT2D eigenvalue weighted by molar-refractivity contribution is 8.01. The summed E-state index contributed by atoms with van der Waals surface area (Å²) in [6.07, 6.45) is 0.226. The van der Waals surface area contributed by atoms with Crippen LogP contribution in [0.4, 0.5) is 5.69 Å². The second-order valence-electron chi connectivity index (χ2n) is 5.12. The van der Waals surface area contributed by atoms with E-state index < -0.39 is 27.5 Å². The summed E-state index contributed by atoms with van der Waals surface area (Å²) in [4.78, 5) is 23.4. The van der Waals surface area contributed by atoms with Gasteiger partial charge >= 0.3 is 5.97 Å². The summed E-state index contributed by atoms with van der Waals surface area (Å²) in [5, 5.41) is 10.3. The minimum atomic E-state index is -3.75. The molecule has 22 heavy (non-hydrogen) atoms. The van der Waals surface area contributed by atoms with Crippen LogP contribution in [0.15, 0.2) is 28.0 Å². The van der Waals surface area contributed by atoms with E-state index in [0.717, 1.165) is 4.90 Å². The van der Waals surface area contributed by atoms with E-state index in [2.05, 4.69) is 5.32 Å². The minimum absolute atomic E-state index is 0.0239. The molecule has 2 rings (SSSR count). The molecular weight excluding hydrogens is 326 g/mol. The van der Waals surface area contributed by atoms with Gasteiger partial charge < -0.3 is 10.4 Å². The third-order valence-electron chi connectivity index (χ3n) is 3.46. The number of hydrogen-bond acceptors (Lipinski definition) is 5. The fraction of sp³-hybridized carbons (Fsp3) is 0.429. The summed E-state index contributed by atoms with van der Waals surface area (Å²) < 4.78 is 24.7. The van der Waals surface area contributed by atoms with Gasteiger partial charge in [0.05, 0.1) is 27.5 Å². The fourth-order valence-electron chi connectivity index (χ4n) is 2.16. The molecule has 1 aliphatic heterocycles. The van der Waals surface area contributed by atoms with E-state index in [9.17, 15) is 18.0 Å². The molecular formula is C14H17NO5S2. The molecule has 8 heteroatoms. The predicted molar refractivity (Wildman–Crippen MR) is 83.9 cm³/mol. The van der Waals surface area contributed by atoms with Crippen LogP contribution < -0.4 is 5.32 Å². The first kappa shape index (κ1) is 16.8. The molecule has 1 heterocycles. The number of anilines is 1. The van der Waals surface area contributed by atoms with Crippen molar-refractivity contribution in [3.8, 4) is 0 Å². The molecule has 0 saturated carbocycles. The lowest BCUT2D eigenvalue weighted by atomic mass is 10.2. The highest BCUT2D eigenvalue weighted by Crippen LogP contribution is 2.38. The van der Waals surface area contributed by atoms with Crippen LogP contribution in [0.5, 0.6) is 0 Å². The van der Waals surface area contributed by atoms with E-state index in [0.29, 0.717) is 12.1 Å². The number of aliphatic carboxylic acids is 1. The van der Waals surface area contributed by atoms with Gasteiger partial charge in [-0.25, -0.2) is 8.42 Å². The third kappa shape index (κ3) is 3.27. The minimum Gasteiger partial charge on any atom is -0.481 e. The van der Waals surface area contributed by atoms with E-state index in [1.54, 1.807) is 6.07 Å². The normalized spacial score (nSPS) is 19.2. The fourth-order valence-corrected chi connectivity index (χ4v) is 4.55. The predicted octanol–water partition coefficient (Wildman–Crippen LogP) is 2.15. The van der Waals surface area contributed by atoms with Crippen molar-refractivity contribution in [1.82, 2.24) is 0 Å². The molecule has 1 aromatic rings. The Morgan fingerprint density at radius 1 is 1.45 bits per heavy atom. The number of fused-ring (bicyclic) bond motifs is 1. The quantitative estimate of drug-likeness (QED) is 0.849. The first-order chi connectivity index (χ1) is 10.3. The first-order valence-corrected chi connectivity index (χ1v) is 9.25. The van der Waals surface area contributed by atoms with Crippen LogP contribution in [0, 0.1) is 0 Å². The van der Waals surface area contributed by atoms with Crippen molar-refractivity contribution in [1.29, 1.82) is 0 Å². The monoisotopic (exact) mass is 343 g/mol. The maximum Gasteiger partial charge on any atom is 0.304 e. The van der Waals surface area contributed by atoms with Gasteiger partial charge in [0.25, 0.3) is 0 Å². The van der Waals surface area contributed by atoms with Gasteiger partial charge in [-0.1, -0.05) is 6.92 Å². The standard InChI is InChI=1S/C14H17NO5S2/c1-3-11-14(18)15-10-7-9(4-5-12(10)21-11)22(19,20)8(2)6-13(16)17/h4-5,7-8,11H,3,6H2,1-2H3,(H,15,18)(H,16,17)/t8-,11-/m1/s1. The number of thioether (sulfide) groups is 1. The zero-order valence-electron chi connectivity index (χ0n) is 12.2. The summed E-state index contributed by atoms with van der Waals surface area (Å²) in [6, 6.07) is 4.52. The van der Waals surface area contributed by atoms with Crippen LogP contribution >= 0.6 is 11.8 Å². The van der Waals surface area contributed by atoms with Gasteiger partial charge in [0.15, 0.2) is 9.84 Å². The van der Waals surface area contributed by atoms with E-state index >= 15 is 0 Å². The van der Waals surface area contributed by atoms with Crippen molar-refractivity contribution in [2.45, 2.75) is 47.0 Å². The number of carboxylic acids is 1. The lowest BCUT2D eigenvalue weighted by Gasteiger charge is -2.24. The van der Waals surface area contributed by atoms with Crippen molar-refractivity contribution >= 4 is 39.2 Å². The van der Waals surface area contributed by atoms with Gasteiger partial charge in [-0.2, -0.15) is 0 Å². The van der Waals surface area contributed by atoms with Gasteiger partial charge in [-0.05, 0) is 31.5 Å². The maximum absolute atomic E-state index is 12.4. The SMILES string of the molecule is CC[C@H]1Sc2ccc(S(=O)(=O)[C@H](C)CC(=O)O)cc2NC1=O. The van der Waals surface area contributed by atoms with Crippen molar-refractivity contribution in [2.75, 3.05) is 5.32 Å². The van der Waals surface area contributed by atoms with Crippen LogP contribution in [0.2, 0.25) is 0 Å². The number of carbonyl (C=O) groups excluding carboxylic acids is 1. The molecule has 0 radical (unpaired) electrons. The van der Waals surface area contributed by atoms with Crippen LogP contribution in [-0.2, 0) is 19.4 Å². The Balaban J connectivity index is 2.34. The zero-order chi connectivity index (χ0) is 16.5. The van der Waals surface area contributed by atoms with Crippen molar-refractivity contribution in [2.24, 2.45) is 0 Å². The third-order valence-corrected chi connectivity index (χ3v) is 7.04. The summed E-state index contributed by atoms with van der Waals surface area (Å²) in [5.74, 6) is -1.31. The van der Waals surface area contributed by atoms with Crippen LogP contribution in [-0.4, -0.2) is 35.9 Å². The Morgan fingerprint density at radius 2 is 2.14 bits per heavy atom.